The summed E-state index contributed by atoms with van der Waals surface area (Å²) in [5.74, 6) is 0. The molecule has 0 fully saturated rings. The average Bonchev–Trinajstić information content (AvgIpc) is 2.42. The first-order chi connectivity index (χ1) is 9.79. The number of sulfonamides is 1. The van der Waals surface area contributed by atoms with Crippen LogP contribution >= 0.6 is 15.9 Å². The number of non-ortho nitro benzene ring substituents is 1. The van der Waals surface area contributed by atoms with E-state index in [0.717, 1.165) is 12.1 Å². The Hall–Kier alpha value is -2.00. The van der Waals surface area contributed by atoms with Crippen molar-refractivity contribution in [1.29, 1.82) is 0 Å². The summed E-state index contributed by atoms with van der Waals surface area (Å²) < 4.78 is 27.4. The second kappa shape index (κ2) is 5.78. The zero-order valence-electron chi connectivity index (χ0n) is 10.8. The minimum absolute atomic E-state index is 0.0598. The van der Waals surface area contributed by atoms with Gasteiger partial charge in [0, 0.05) is 12.1 Å². The van der Waals surface area contributed by atoms with E-state index in [0.29, 0.717) is 16.0 Å². The summed E-state index contributed by atoms with van der Waals surface area (Å²) in [5, 5.41) is 10.6. The Balaban J connectivity index is 2.31. The Bertz CT molecular complexity index is 791. The number of halogens is 1. The number of nitro groups is 1. The fourth-order valence-electron chi connectivity index (χ4n) is 1.59. The molecular formula is C12H10BrN3O4S. The number of pyridine rings is 1. The quantitative estimate of drug-likeness (QED) is 0.505. The topological polar surface area (TPSA) is 102 Å². The van der Waals surface area contributed by atoms with Gasteiger partial charge >= 0.3 is 0 Å². The number of hydrogen-bond donors (Lipinski definition) is 1. The summed E-state index contributed by atoms with van der Waals surface area (Å²) in [6.45, 7) is 1.67. The zero-order valence-corrected chi connectivity index (χ0v) is 13.2. The van der Waals surface area contributed by atoms with Gasteiger partial charge < -0.3 is 0 Å². The van der Waals surface area contributed by atoms with Crippen LogP contribution in [-0.4, -0.2) is 18.3 Å². The molecule has 7 nitrogen and oxygen atoms in total. The molecule has 1 aromatic heterocycles. The van der Waals surface area contributed by atoms with Crippen LogP contribution in [0.4, 0.5) is 11.4 Å². The fraction of sp³-hybridized carbons (Fsp3) is 0.0833. The molecule has 2 aromatic rings. The minimum atomic E-state index is -3.82. The first-order valence-corrected chi connectivity index (χ1v) is 7.97. The van der Waals surface area contributed by atoms with E-state index in [2.05, 4.69) is 25.6 Å². The van der Waals surface area contributed by atoms with E-state index in [1.807, 2.05) is 0 Å². The number of aryl methyl sites for hydroxylation is 1. The van der Waals surface area contributed by atoms with Gasteiger partial charge in [0.15, 0.2) is 0 Å². The zero-order chi connectivity index (χ0) is 15.6. The van der Waals surface area contributed by atoms with Crippen LogP contribution in [-0.2, 0) is 10.0 Å². The molecule has 1 heterocycles. The SMILES string of the molecule is Cc1nc(Br)ccc1NS(=O)(=O)c1ccc([N+](=O)[O-])cc1. The average molecular weight is 372 g/mol. The van der Waals surface area contributed by atoms with Gasteiger partial charge in [-0.05, 0) is 47.1 Å². The van der Waals surface area contributed by atoms with Gasteiger partial charge in [0.25, 0.3) is 15.7 Å². The normalized spacial score (nSPS) is 11.1. The van der Waals surface area contributed by atoms with Crippen LogP contribution in [0.5, 0.6) is 0 Å². The van der Waals surface area contributed by atoms with E-state index in [9.17, 15) is 18.5 Å². The predicted molar refractivity (Wildman–Crippen MR) is 80.6 cm³/mol. The van der Waals surface area contributed by atoms with Crippen molar-refractivity contribution in [3.63, 3.8) is 0 Å². The Morgan fingerprint density at radius 3 is 2.33 bits per heavy atom. The summed E-state index contributed by atoms with van der Waals surface area (Å²) >= 11 is 3.19. The molecule has 0 amide bonds. The predicted octanol–water partition coefficient (Wildman–Crippen LogP) is 2.86. The van der Waals surface area contributed by atoms with Crippen molar-refractivity contribution in [2.24, 2.45) is 0 Å². The number of aromatic nitrogens is 1. The Kier molecular flexibility index (Phi) is 4.24. The lowest BCUT2D eigenvalue weighted by Gasteiger charge is -2.10. The molecule has 0 bridgehead atoms. The third-order valence-corrected chi connectivity index (χ3v) is 4.48. The summed E-state index contributed by atoms with van der Waals surface area (Å²) in [6.07, 6.45) is 0. The van der Waals surface area contributed by atoms with Crippen molar-refractivity contribution in [2.45, 2.75) is 11.8 Å². The number of nitrogens with zero attached hydrogens (tertiary/aromatic N) is 2. The highest BCUT2D eigenvalue weighted by Crippen LogP contribution is 2.22. The first kappa shape index (κ1) is 15.4. The van der Waals surface area contributed by atoms with Crippen molar-refractivity contribution in [3.05, 3.63) is 56.8 Å². The molecule has 2 rings (SSSR count). The van der Waals surface area contributed by atoms with Gasteiger partial charge in [-0.3, -0.25) is 14.8 Å². The van der Waals surface area contributed by atoms with E-state index >= 15 is 0 Å². The van der Waals surface area contributed by atoms with Crippen LogP contribution in [0.25, 0.3) is 0 Å². The molecule has 0 spiro atoms. The molecule has 1 aromatic carbocycles. The molecule has 110 valence electrons. The molecule has 0 aliphatic carbocycles. The molecule has 0 saturated heterocycles. The van der Waals surface area contributed by atoms with Crippen LogP contribution < -0.4 is 4.72 Å². The van der Waals surface area contributed by atoms with E-state index in [1.54, 1.807) is 19.1 Å². The summed E-state index contributed by atoms with van der Waals surface area (Å²) in [7, 11) is -3.82. The molecule has 1 N–H and O–H groups in total. The summed E-state index contributed by atoms with van der Waals surface area (Å²) in [4.78, 5) is 14.0. The Labute approximate surface area is 129 Å². The summed E-state index contributed by atoms with van der Waals surface area (Å²) in [5.41, 5.74) is 0.682. The number of nitro benzene ring substituents is 1. The van der Waals surface area contributed by atoms with Gasteiger partial charge in [0.05, 0.1) is 21.2 Å². The Morgan fingerprint density at radius 1 is 1.19 bits per heavy atom. The second-order valence-electron chi connectivity index (χ2n) is 4.12. The molecular weight excluding hydrogens is 362 g/mol. The monoisotopic (exact) mass is 371 g/mol. The number of rotatable bonds is 4. The second-order valence-corrected chi connectivity index (χ2v) is 6.62. The number of benzene rings is 1. The van der Waals surface area contributed by atoms with E-state index in [4.69, 9.17) is 0 Å². The molecule has 9 heteroatoms. The third-order valence-electron chi connectivity index (χ3n) is 2.65. The first-order valence-electron chi connectivity index (χ1n) is 5.70. The molecule has 0 radical (unpaired) electrons. The molecule has 0 aliphatic rings. The highest BCUT2D eigenvalue weighted by atomic mass is 79.9. The van der Waals surface area contributed by atoms with Crippen molar-refractivity contribution < 1.29 is 13.3 Å². The Morgan fingerprint density at radius 2 is 1.81 bits per heavy atom. The van der Waals surface area contributed by atoms with Crippen molar-refractivity contribution in [3.8, 4) is 0 Å². The van der Waals surface area contributed by atoms with Crippen molar-refractivity contribution in [1.82, 2.24) is 4.98 Å². The maximum Gasteiger partial charge on any atom is 0.269 e. The van der Waals surface area contributed by atoms with E-state index < -0.39 is 14.9 Å². The fourth-order valence-corrected chi connectivity index (χ4v) is 3.10. The van der Waals surface area contributed by atoms with Crippen LogP contribution in [0.1, 0.15) is 5.69 Å². The van der Waals surface area contributed by atoms with Gasteiger partial charge in [0.2, 0.25) is 0 Å². The van der Waals surface area contributed by atoms with Gasteiger partial charge in [-0.2, -0.15) is 0 Å². The molecule has 0 aliphatic heterocycles. The van der Waals surface area contributed by atoms with Crippen LogP contribution in [0.15, 0.2) is 45.9 Å². The maximum atomic E-state index is 12.2. The minimum Gasteiger partial charge on any atom is -0.278 e. The highest BCUT2D eigenvalue weighted by molar-refractivity contribution is 9.10. The third kappa shape index (κ3) is 3.56. The van der Waals surface area contributed by atoms with Gasteiger partial charge in [0.1, 0.15) is 4.60 Å². The molecule has 21 heavy (non-hydrogen) atoms. The van der Waals surface area contributed by atoms with E-state index in [1.165, 1.54) is 12.1 Å². The lowest BCUT2D eigenvalue weighted by molar-refractivity contribution is -0.384. The van der Waals surface area contributed by atoms with E-state index in [-0.39, 0.29) is 10.6 Å². The summed E-state index contributed by atoms with van der Waals surface area (Å²) in [6, 6.07) is 7.84. The molecule has 0 saturated carbocycles. The van der Waals surface area contributed by atoms with Crippen LogP contribution in [0, 0.1) is 17.0 Å². The number of nitrogens with one attached hydrogen (secondary N) is 1. The van der Waals surface area contributed by atoms with Crippen molar-refractivity contribution >= 4 is 37.3 Å². The highest BCUT2D eigenvalue weighted by Gasteiger charge is 2.17. The lowest BCUT2D eigenvalue weighted by Crippen LogP contribution is -2.14. The lowest BCUT2D eigenvalue weighted by atomic mass is 10.3. The molecule has 0 atom stereocenters. The standard InChI is InChI=1S/C12H10BrN3O4S/c1-8-11(6-7-12(13)14-8)15-21(19,20)10-4-2-9(3-5-10)16(17)18/h2-7,15H,1H3. The largest absolute Gasteiger partial charge is 0.278 e. The number of hydrogen-bond acceptors (Lipinski definition) is 5. The smallest absolute Gasteiger partial charge is 0.269 e. The van der Waals surface area contributed by atoms with Gasteiger partial charge in [-0.15, -0.1) is 0 Å². The van der Waals surface area contributed by atoms with Crippen LogP contribution in [0.2, 0.25) is 0 Å². The van der Waals surface area contributed by atoms with Crippen molar-refractivity contribution in [2.75, 3.05) is 4.72 Å². The van der Waals surface area contributed by atoms with Crippen LogP contribution in [0.3, 0.4) is 0 Å². The van der Waals surface area contributed by atoms with Gasteiger partial charge in [-0.25, -0.2) is 13.4 Å². The maximum absolute atomic E-state index is 12.2. The van der Waals surface area contributed by atoms with Gasteiger partial charge in [-0.1, -0.05) is 0 Å². The molecule has 0 unspecified atom stereocenters. The number of anilines is 1.